The van der Waals surface area contributed by atoms with Crippen molar-refractivity contribution in [3.05, 3.63) is 64.9 Å². The zero-order valence-corrected chi connectivity index (χ0v) is 11.4. The highest BCUT2D eigenvalue weighted by molar-refractivity contribution is 6.42. The van der Waals surface area contributed by atoms with E-state index < -0.39 is 0 Å². The number of imidazole rings is 1. The Morgan fingerprint density at radius 1 is 0.842 bits per heavy atom. The number of hydrogen-bond donors (Lipinski definition) is 1. The van der Waals surface area contributed by atoms with Crippen molar-refractivity contribution in [3.63, 3.8) is 0 Å². The van der Waals surface area contributed by atoms with E-state index >= 15 is 0 Å². The predicted molar refractivity (Wildman–Crippen MR) is 79.5 cm³/mol. The number of hydrogen-bond acceptors (Lipinski definition) is 1. The topological polar surface area (TPSA) is 28.7 Å². The van der Waals surface area contributed by atoms with Crippen molar-refractivity contribution in [2.75, 3.05) is 0 Å². The average molecular weight is 289 g/mol. The van der Waals surface area contributed by atoms with Gasteiger partial charge in [-0.3, -0.25) is 0 Å². The number of nitrogens with zero attached hydrogens (tertiary/aromatic N) is 1. The lowest BCUT2D eigenvalue weighted by Gasteiger charge is -2.04. The van der Waals surface area contributed by atoms with E-state index in [-0.39, 0.29) is 0 Å². The van der Waals surface area contributed by atoms with Gasteiger partial charge in [-0.05, 0) is 12.1 Å². The number of rotatable bonds is 2. The van der Waals surface area contributed by atoms with E-state index in [2.05, 4.69) is 9.97 Å². The fourth-order valence-corrected chi connectivity index (χ4v) is 2.28. The molecule has 0 saturated heterocycles. The Labute approximate surface area is 121 Å². The fraction of sp³-hybridized carbons (Fsp3) is 0. The zero-order chi connectivity index (χ0) is 13.2. The van der Waals surface area contributed by atoms with Gasteiger partial charge in [0, 0.05) is 11.1 Å². The van der Waals surface area contributed by atoms with E-state index in [1.807, 2.05) is 42.5 Å². The first kappa shape index (κ1) is 12.3. The molecule has 0 fully saturated rings. The highest BCUT2D eigenvalue weighted by atomic mass is 35.5. The Bertz CT molecular complexity index is 705. The standard InChI is InChI=1S/C15H10Cl2N2/c16-12-7-6-11(8-13(12)17)15-14(18-9-19-15)10-4-2-1-3-5-10/h1-9H,(H,18,19). The summed E-state index contributed by atoms with van der Waals surface area (Å²) in [7, 11) is 0. The number of halogens is 2. The number of nitrogens with one attached hydrogen (secondary N) is 1. The minimum absolute atomic E-state index is 0.529. The van der Waals surface area contributed by atoms with Gasteiger partial charge >= 0.3 is 0 Å². The second-order valence-electron chi connectivity index (χ2n) is 4.12. The monoisotopic (exact) mass is 288 g/mol. The van der Waals surface area contributed by atoms with E-state index in [1.165, 1.54) is 0 Å². The van der Waals surface area contributed by atoms with E-state index in [0.717, 1.165) is 22.5 Å². The molecule has 0 saturated carbocycles. The van der Waals surface area contributed by atoms with Crippen molar-refractivity contribution in [3.8, 4) is 22.5 Å². The van der Waals surface area contributed by atoms with E-state index in [1.54, 1.807) is 12.4 Å². The lowest BCUT2D eigenvalue weighted by atomic mass is 10.1. The second kappa shape index (κ2) is 5.08. The molecule has 1 aromatic heterocycles. The molecular formula is C15H10Cl2N2. The molecule has 0 aliphatic rings. The van der Waals surface area contributed by atoms with Crippen LogP contribution in [0.15, 0.2) is 54.9 Å². The first-order chi connectivity index (χ1) is 9.25. The lowest BCUT2D eigenvalue weighted by Crippen LogP contribution is -1.84. The third-order valence-corrected chi connectivity index (χ3v) is 3.63. The van der Waals surface area contributed by atoms with Crippen molar-refractivity contribution < 1.29 is 0 Å². The molecular weight excluding hydrogens is 279 g/mol. The Balaban J connectivity index is 2.12. The van der Waals surface area contributed by atoms with Crippen LogP contribution in [0, 0.1) is 0 Å². The molecule has 0 atom stereocenters. The Morgan fingerprint density at radius 2 is 1.63 bits per heavy atom. The van der Waals surface area contributed by atoms with E-state index in [9.17, 15) is 0 Å². The SMILES string of the molecule is Clc1ccc(-c2nc[nH]c2-c2ccccc2)cc1Cl. The minimum Gasteiger partial charge on any atom is -0.344 e. The molecule has 3 aromatic rings. The van der Waals surface area contributed by atoms with Gasteiger partial charge in [-0.15, -0.1) is 0 Å². The quantitative estimate of drug-likeness (QED) is 0.702. The van der Waals surface area contributed by atoms with Crippen LogP contribution in [0.1, 0.15) is 0 Å². The van der Waals surface area contributed by atoms with Gasteiger partial charge in [0.05, 0.1) is 27.8 Å². The van der Waals surface area contributed by atoms with Gasteiger partial charge in [0.15, 0.2) is 0 Å². The van der Waals surface area contributed by atoms with Gasteiger partial charge in [-0.1, -0.05) is 59.6 Å². The van der Waals surface area contributed by atoms with Crippen molar-refractivity contribution in [1.82, 2.24) is 9.97 Å². The molecule has 19 heavy (non-hydrogen) atoms. The molecule has 0 bridgehead atoms. The zero-order valence-electron chi connectivity index (χ0n) is 9.90. The number of H-pyrrole nitrogens is 1. The maximum absolute atomic E-state index is 6.06. The molecule has 0 radical (unpaired) electrons. The summed E-state index contributed by atoms with van der Waals surface area (Å²) in [5, 5.41) is 1.07. The molecule has 1 heterocycles. The van der Waals surface area contributed by atoms with Crippen LogP contribution in [0.4, 0.5) is 0 Å². The maximum Gasteiger partial charge on any atom is 0.0961 e. The Kier molecular flexibility index (Phi) is 3.28. The van der Waals surface area contributed by atoms with Gasteiger partial charge in [0.2, 0.25) is 0 Å². The van der Waals surface area contributed by atoms with Crippen LogP contribution in [0.5, 0.6) is 0 Å². The molecule has 0 amide bonds. The number of aromatic amines is 1. The van der Waals surface area contributed by atoms with Gasteiger partial charge in [-0.25, -0.2) is 4.98 Å². The minimum atomic E-state index is 0.529. The molecule has 2 nitrogen and oxygen atoms in total. The normalized spacial score (nSPS) is 10.6. The molecule has 4 heteroatoms. The predicted octanol–water partition coefficient (Wildman–Crippen LogP) is 5.05. The molecule has 2 aromatic carbocycles. The van der Waals surface area contributed by atoms with Crippen molar-refractivity contribution in [1.29, 1.82) is 0 Å². The second-order valence-corrected chi connectivity index (χ2v) is 4.94. The third kappa shape index (κ3) is 2.37. The van der Waals surface area contributed by atoms with Crippen molar-refractivity contribution >= 4 is 23.2 Å². The molecule has 1 N–H and O–H groups in total. The van der Waals surface area contributed by atoms with Crippen LogP contribution in [-0.4, -0.2) is 9.97 Å². The first-order valence-electron chi connectivity index (χ1n) is 5.80. The fourth-order valence-electron chi connectivity index (χ4n) is 1.98. The highest BCUT2D eigenvalue weighted by Crippen LogP contribution is 2.32. The average Bonchev–Trinajstić information content (AvgIpc) is 2.92. The molecule has 94 valence electrons. The summed E-state index contributed by atoms with van der Waals surface area (Å²) >= 11 is 12.0. The van der Waals surface area contributed by atoms with Gasteiger partial charge < -0.3 is 4.98 Å². The van der Waals surface area contributed by atoms with Gasteiger partial charge in [0.1, 0.15) is 0 Å². The molecule has 3 rings (SSSR count). The highest BCUT2D eigenvalue weighted by Gasteiger charge is 2.11. The van der Waals surface area contributed by atoms with Crippen LogP contribution in [0.3, 0.4) is 0 Å². The molecule has 0 unspecified atom stereocenters. The first-order valence-corrected chi connectivity index (χ1v) is 6.55. The Morgan fingerprint density at radius 3 is 2.37 bits per heavy atom. The molecule has 0 aliphatic carbocycles. The number of aromatic nitrogens is 2. The van der Waals surface area contributed by atoms with Crippen LogP contribution < -0.4 is 0 Å². The van der Waals surface area contributed by atoms with E-state index in [0.29, 0.717) is 10.0 Å². The van der Waals surface area contributed by atoms with Crippen molar-refractivity contribution in [2.24, 2.45) is 0 Å². The summed E-state index contributed by atoms with van der Waals surface area (Å²) in [5.74, 6) is 0. The van der Waals surface area contributed by atoms with Crippen LogP contribution in [0.2, 0.25) is 10.0 Å². The summed E-state index contributed by atoms with van der Waals surface area (Å²) in [5.41, 5.74) is 3.86. The number of benzene rings is 2. The van der Waals surface area contributed by atoms with Gasteiger partial charge in [-0.2, -0.15) is 0 Å². The van der Waals surface area contributed by atoms with Crippen molar-refractivity contribution in [2.45, 2.75) is 0 Å². The summed E-state index contributed by atoms with van der Waals surface area (Å²) in [6.07, 6.45) is 1.68. The third-order valence-electron chi connectivity index (χ3n) is 2.89. The maximum atomic E-state index is 6.06. The molecule has 0 spiro atoms. The summed E-state index contributed by atoms with van der Waals surface area (Å²) in [6.45, 7) is 0. The van der Waals surface area contributed by atoms with Gasteiger partial charge in [0.25, 0.3) is 0 Å². The summed E-state index contributed by atoms with van der Waals surface area (Å²) in [6, 6.07) is 15.6. The summed E-state index contributed by atoms with van der Waals surface area (Å²) in [4.78, 5) is 7.54. The Hall–Kier alpha value is -1.77. The molecule has 0 aliphatic heterocycles. The van der Waals surface area contributed by atoms with Crippen LogP contribution in [-0.2, 0) is 0 Å². The van der Waals surface area contributed by atoms with E-state index in [4.69, 9.17) is 23.2 Å². The van der Waals surface area contributed by atoms with Crippen LogP contribution >= 0.6 is 23.2 Å². The smallest absolute Gasteiger partial charge is 0.0961 e. The summed E-state index contributed by atoms with van der Waals surface area (Å²) < 4.78 is 0. The van der Waals surface area contributed by atoms with Crippen LogP contribution in [0.25, 0.3) is 22.5 Å². The lowest BCUT2D eigenvalue weighted by molar-refractivity contribution is 1.31. The largest absolute Gasteiger partial charge is 0.344 e.